The Morgan fingerprint density at radius 1 is 0.854 bits per heavy atom. The molecule has 0 fully saturated rings. The number of amides is 1. The number of thioether (sulfide) groups is 1. The zero-order valence-electron chi connectivity index (χ0n) is 22.8. The van der Waals surface area contributed by atoms with E-state index in [2.05, 4.69) is 56.4 Å². The molecule has 8 nitrogen and oxygen atoms in total. The summed E-state index contributed by atoms with van der Waals surface area (Å²) in [5.74, 6) is -0.00730. The minimum atomic E-state index is -3.81. The molecule has 3 aromatic carbocycles. The van der Waals surface area contributed by atoms with Crippen molar-refractivity contribution in [2.75, 3.05) is 10.0 Å². The van der Waals surface area contributed by atoms with E-state index >= 15 is 0 Å². The third kappa shape index (κ3) is 6.85. The number of hydrogen-bond acceptors (Lipinski definition) is 6. The molecule has 5 rings (SSSR count). The van der Waals surface area contributed by atoms with Crippen molar-refractivity contribution in [2.24, 2.45) is 0 Å². The van der Waals surface area contributed by atoms with Crippen LogP contribution in [0.3, 0.4) is 0 Å². The quantitative estimate of drug-likeness (QED) is 0.167. The third-order valence-corrected chi connectivity index (χ3v) is 8.70. The van der Waals surface area contributed by atoms with Gasteiger partial charge in [0.2, 0.25) is 5.91 Å². The van der Waals surface area contributed by atoms with Crippen LogP contribution in [0.2, 0.25) is 0 Å². The first-order valence-electron chi connectivity index (χ1n) is 12.9. The minimum absolute atomic E-state index is 0.0615. The lowest BCUT2D eigenvalue weighted by atomic mass is 10.0. The smallest absolute Gasteiger partial charge is 0.263 e. The molecule has 0 radical (unpaired) electrons. The molecule has 2 aromatic heterocycles. The fourth-order valence-electron chi connectivity index (χ4n) is 4.06. The highest BCUT2D eigenvalue weighted by atomic mass is 32.2. The maximum atomic E-state index is 13.0. The van der Waals surface area contributed by atoms with Crippen LogP contribution in [-0.4, -0.2) is 34.5 Å². The monoisotopic (exact) mass is 583 g/mol. The van der Waals surface area contributed by atoms with E-state index in [4.69, 9.17) is 4.98 Å². The fourth-order valence-corrected chi connectivity index (χ4v) is 5.87. The Kier molecular flexibility index (Phi) is 8.23. The maximum absolute atomic E-state index is 13.0. The summed E-state index contributed by atoms with van der Waals surface area (Å²) in [6.07, 6.45) is 1.50. The molecule has 2 heterocycles. The van der Waals surface area contributed by atoms with Gasteiger partial charge in [0.1, 0.15) is 5.82 Å². The van der Waals surface area contributed by atoms with Crippen LogP contribution in [0.25, 0.3) is 22.5 Å². The van der Waals surface area contributed by atoms with Gasteiger partial charge in [0.25, 0.3) is 10.0 Å². The number of carbonyl (C=O) groups is 1. The van der Waals surface area contributed by atoms with Crippen molar-refractivity contribution in [3.05, 3.63) is 108 Å². The molecule has 0 saturated heterocycles. The van der Waals surface area contributed by atoms with Crippen molar-refractivity contribution >= 4 is 39.2 Å². The van der Waals surface area contributed by atoms with E-state index in [1.807, 2.05) is 26.0 Å². The van der Waals surface area contributed by atoms with Crippen molar-refractivity contribution in [1.29, 1.82) is 0 Å². The van der Waals surface area contributed by atoms with Crippen LogP contribution in [0.15, 0.2) is 107 Å². The molecule has 1 unspecified atom stereocenters. The number of imidazole rings is 1. The van der Waals surface area contributed by atoms with Crippen LogP contribution >= 0.6 is 11.8 Å². The topological polar surface area (TPSA) is 117 Å². The summed E-state index contributed by atoms with van der Waals surface area (Å²) in [5.41, 5.74) is 6.52. The van der Waals surface area contributed by atoms with Gasteiger partial charge in [-0.1, -0.05) is 77.5 Å². The van der Waals surface area contributed by atoms with Crippen LogP contribution in [0.4, 0.5) is 11.5 Å². The normalized spacial score (nSPS) is 12.1. The minimum Gasteiger partial charge on any atom is -0.332 e. The van der Waals surface area contributed by atoms with E-state index in [0.717, 1.165) is 28.1 Å². The lowest BCUT2D eigenvalue weighted by molar-refractivity contribution is -0.115. The van der Waals surface area contributed by atoms with Gasteiger partial charge in [-0.3, -0.25) is 9.52 Å². The number of aromatic nitrogens is 3. The molecule has 0 aliphatic heterocycles. The van der Waals surface area contributed by atoms with Gasteiger partial charge in [0.05, 0.1) is 21.5 Å². The van der Waals surface area contributed by atoms with Crippen molar-refractivity contribution in [2.45, 2.75) is 36.1 Å². The predicted molar refractivity (Wildman–Crippen MR) is 164 cm³/mol. The Morgan fingerprint density at radius 2 is 1.49 bits per heavy atom. The van der Waals surface area contributed by atoms with E-state index in [0.29, 0.717) is 10.8 Å². The Bertz CT molecular complexity index is 1690. The van der Waals surface area contributed by atoms with Crippen LogP contribution in [0, 0.1) is 13.8 Å². The maximum Gasteiger partial charge on any atom is 0.263 e. The molecule has 0 bridgehead atoms. The molecule has 1 amide bonds. The SMILES string of the molecule is Cc1ccc(-c2nc(SC(C)C(=O)Nc3ccc(S(=O)(=O)Nc4ccccn4)cc3)[nH]c2-c2ccc(C)cc2)cc1. The molecular weight excluding hydrogens is 555 g/mol. The van der Waals surface area contributed by atoms with Gasteiger partial charge in [-0.05, 0) is 57.2 Å². The van der Waals surface area contributed by atoms with Crippen LogP contribution in [0.5, 0.6) is 0 Å². The molecule has 3 N–H and O–H groups in total. The third-order valence-electron chi connectivity index (χ3n) is 6.34. The number of rotatable bonds is 9. The Balaban J connectivity index is 1.30. The summed E-state index contributed by atoms with van der Waals surface area (Å²) < 4.78 is 27.8. The van der Waals surface area contributed by atoms with Crippen LogP contribution in [-0.2, 0) is 14.8 Å². The van der Waals surface area contributed by atoms with Crippen LogP contribution in [0.1, 0.15) is 18.1 Å². The molecule has 10 heteroatoms. The number of benzene rings is 3. The van der Waals surface area contributed by atoms with E-state index in [1.54, 1.807) is 37.3 Å². The zero-order chi connectivity index (χ0) is 29.0. The van der Waals surface area contributed by atoms with Crippen molar-refractivity contribution in [1.82, 2.24) is 15.0 Å². The summed E-state index contributed by atoms with van der Waals surface area (Å²) in [6.45, 7) is 5.89. The second kappa shape index (κ2) is 12.0. The fraction of sp³-hybridized carbons (Fsp3) is 0.129. The number of hydrogen-bond donors (Lipinski definition) is 3. The molecule has 0 aliphatic carbocycles. The second-order valence-electron chi connectivity index (χ2n) is 9.59. The number of nitrogens with zero attached hydrogens (tertiary/aromatic N) is 2. The summed E-state index contributed by atoms with van der Waals surface area (Å²) in [7, 11) is -3.81. The Hall–Kier alpha value is -4.41. The number of sulfonamides is 1. The largest absolute Gasteiger partial charge is 0.332 e. The summed E-state index contributed by atoms with van der Waals surface area (Å²) in [5, 5.41) is 3.00. The van der Waals surface area contributed by atoms with Crippen molar-refractivity contribution in [3.63, 3.8) is 0 Å². The highest BCUT2D eigenvalue weighted by molar-refractivity contribution is 8.00. The van der Waals surface area contributed by atoms with Crippen molar-refractivity contribution < 1.29 is 13.2 Å². The first-order valence-corrected chi connectivity index (χ1v) is 15.3. The average molecular weight is 584 g/mol. The average Bonchev–Trinajstić information content (AvgIpc) is 3.38. The Labute approximate surface area is 243 Å². The number of H-pyrrole nitrogens is 1. The highest BCUT2D eigenvalue weighted by Crippen LogP contribution is 2.34. The number of carbonyl (C=O) groups excluding carboxylic acids is 1. The van der Waals surface area contributed by atoms with Gasteiger partial charge in [-0.15, -0.1) is 0 Å². The number of aryl methyl sites for hydroxylation is 2. The number of anilines is 2. The van der Waals surface area contributed by atoms with Gasteiger partial charge >= 0.3 is 0 Å². The molecule has 1 atom stereocenters. The second-order valence-corrected chi connectivity index (χ2v) is 12.6. The molecule has 0 saturated carbocycles. The van der Waals surface area contributed by atoms with E-state index in [-0.39, 0.29) is 16.6 Å². The molecule has 5 aromatic rings. The standard InChI is InChI=1S/C31H29N5O3S2/c1-20-7-11-23(12-8-20)28-29(24-13-9-21(2)10-14-24)35-31(34-28)40-22(3)30(37)33-25-15-17-26(18-16-25)41(38,39)36-27-6-4-5-19-32-27/h4-19,22H,1-3H3,(H,32,36)(H,33,37)(H,34,35). The molecule has 0 spiro atoms. The van der Waals surface area contributed by atoms with E-state index in [1.165, 1.54) is 35.7 Å². The highest BCUT2D eigenvalue weighted by Gasteiger charge is 2.21. The Morgan fingerprint density at radius 3 is 2.10 bits per heavy atom. The number of nitrogens with one attached hydrogen (secondary N) is 3. The summed E-state index contributed by atoms with van der Waals surface area (Å²) >= 11 is 1.32. The van der Waals surface area contributed by atoms with Gasteiger partial charge in [-0.25, -0.2) is 18.4 Å². The first kappa shape index (κ1) is 28.1. The van der Waals surface area contributed by atoms with Gasteiger partial charge in [-0.2, -0.15) is 0 Å². The summed E-state index contributed by atoms with van der Waals surface area (Å²) in [4.78, 5) is 25.4. The van der Waals surface area contributed by atoms with E-state index < -0.39 is 15.3 Å². The zero-order valence-corrected chi connectivity index (χ0v) is 24.4. The number of aromatic amines is 1. The van der Waals surface area contributed by atoms with E-state index in [9.17, 15) is 13.2 Å². The molecule has 208 valence electrons. The number of pyridine rings is 1. The van der Waals surface area contributed by atoms with Crippen molar-refractivity contribution in [3.8, 4) is 22.5 Å². The molecule has 41 heavy (non-hydrogen) atoms. The first-order chi connectivity index (χ1) is 19.7. The molecule has 0 aliphatic rings. The van der Waals surface area contributed by atoms with Gasteiger partial charge in [0, 0.05) is 23.0 Å². The van der Waals surface area contributed by atoms with Crippen LogP contribution < -0.4 is 10.0 Å². The lowest BCUT2D eigenvalue weighted by Gasteiger charge is -2.12. The predicted octanol–water partition coefficient (Wildman–Crippen LogP) is 6.68. The van der Waals surface area contributed by atoms with Gasteiger partial charge < -0.3 is 10.3 Å². The summed E-state index contributed by atoms with van der Waals surface area (Å²) in [6, 6.07) is 27.4. The lowest BCUT2D eigenvalue weighted by Crippen LogP contribution is -2.22. The molecular formula is C31H29N5O3S2. The van der Waals surface area contributed by atoms with Gasteiger partial charge in [0.15, 0.2) is 5.16 Å².